The number of aliphatic hydroxyl groups is 12. The predicted molar refractivity (Wildman–Crippen MR) is 528 cm³/mol. The Kier molecular flexibility index (Phi) is 59.8. The van der Waals surface area contributed by atoms with Crippen LogP contribution in [0.3, 0.4) is 0 Å². The van der Waals surface area contributed by atoms with Gasteiger partial charge in [0, 0.05) is 123 Å². The van der Waals surface area contributed by atoms with Crippen LogP contribution in [0.1, 0.15) is 297 Å². The first-order valence-corrected chi connectivity index (χ1v) is 54.1. The SMILES string of the molecule is CCCCCCCC/C=C/CCCCCCCC(=O)O[C@@H]1CC[C@@]2(C)C(CC[C@H]3[C@@H]4CC[C@H]([C@H](C)CCC(=O)NCCCC(=O)NCC(=O)NC(COCCC(=O)NCCCNC(=O)CCCCO[C@@H]5O[C@H](CO)[C@H](O)[C@H](O)[C@H]5O)(COCCC(=O)NCCCNC(=O)CCCCO[C@@H]5O[C@H](CO)[C@H](O)[C@H](O)[C@H]5O)COCCC(=O)NCCCNC(=O)CCCCO[C@@H]5O[C@H](CO)[C@H](O)[C@H](O)[C@H]5O)[C@@]4(C)CC[C@@H]32)C1. The lowest BCUT2D eigenvalue weighted by molar-refractivity contribution is -0.301. The van der Waals surface area contributed by atoms with Crippen molar-refractivity contribution < 1.29 is 157 Å². The molecule has 7 aliphatic rings. The summed E-state index contributed by atoms with van der Waals surface area (Å²) in [6.45, 7) is 7.16. The predicted octanol–water partition coefficient (Wildman–Crippen LogP) is 2.93. The van der Waals surface area contributed by atoms with Crippen molar-refractivity contribution in [2.75, 3.05) is 132 Å². The molecule has 4 aliphatic carbocycles. The average Bonchev–Trinajstić information content (AvgIpc) is 1.48. The summed E-state index contributed by atoms with van der Waals surface area (Å²) in [6, 6.07) is 0. The van der Waals surface area contributed by atoms with Gasteiger partial charge in [0.1, 0.15) is 84.9 Å². The third-order valence-electron chi connectivity index (χ3n) is 30.2. The third kappa shape index (κ3) is 43.9. The van der Waals surface area contributed by atoms with Gasteiger partial charge in [0.25, 0.3) is 0 Å². The van der Waals surface area contributed by atoms with E-state index < -0.39 is 154 Å². The van der Waals surface area contributed by atoms with Crippen molar-refractivity contribution in [1.29, 1.82) is 0 Å². The Labute approximate surface area is 850 Å². The zero-order valence-electron chi connectivity index (χ0n) is 86.2. The summed E-state index contributed by atoms with van der Waals surface area (Å²) in [6.07, 6.45) is 14.6. The van der Waals surface area contributed by atoms with Crippen LogP contribution in [0.25, 0.3) is 0 Å². The van der Waals surface area contributed by atoms with E-state index in [0.29, 0.717) is 106 Å². The molecule has 4 saturated carbocycles. The van der Waals surface area contributed by atoms with E-state index in [1.807, 2.05) is 0 Å². The monoisotopic (exact) mass is 2060 g/mol. The fraction of sp³-hybridized carbons (Fsp3) is 0.883. The molecule has 0 aromatic heterocycles. The lowest BCUT2D eigenvalue weighted by Gasteiger charge is -2.61. The van der Waals surface area contributed by atoms with E-state index in [-0.39, 0.29) is 203 Å². The maximum absolute atomic E-state index is 14.2. The molecule has 41 heteroatoms. The normalized spacial score (nSPS) is 28.5. The topological polar surface area (TPSA) is 614 Å². The van der Waals surface area contributed by atoms with Crippen LogP contribution < -0.4 is 47.9 Å². The molecule has 830 valence electrons. The van der Waals surface area contributed by atoms with Gasteiger partial charge < -0.3 is 156 Å². The van der Waals surface area contributed by atoms with Gasteiger partial charge in [0.2, 0.25) is 53.2 Å². The third-order valence-corrected chi connectivity index (χ3v) is 30.2. The molecular weight excluding hydrogens is 1880 g/mol. The van der Waals surface area contributed by atoms with Gasteiger partial charge >= 0.3 is 5.97 Å². The number of carbonyl (C=O) groups is 10. The van der Waals surface area contributed by atoms with Gasteiger partial charge in [0.05, 0.1) is 66.0 Å². The van der Waals surface area contributed by atoms with E-state index in [1.54, 1.807) is 0 Å². The van der Waals surface area contributed by atoms with Gasteiger partial charge in [-0.2, -0.15) is 0 Å². The van der Waals surface area contributed by atoms with Crippen LogP contribution in [0.2, 0.25) is 0 Å². The summed E-state index contributed by atoms with van der Waals surface area (Å²) in [5.41, 5.74) is -1.17. The minimum atomic E-state index is -1.60. The zero-order valence-corrected chi connectivity index (χ0v) is 86.2. The molecular formula is C103H181N9O32. The van der Waals surface area contributed by atoms with E-state index in [1.165, 1.54) is 89.9 Å². The lowest BCUT2D eigenvalue weighted by atomic mass is 9.44. The lowest BCUT2D eigenvalue weighted by Crippen LogP contribution is -2.60. The van der Waals surface area contributed by atoms with Crippen molar-refractivity contribution in [2.45, 2.75) is 401 Å². The van der Waals surface area contributed by atoms with Crippen LogP contribution in [0.5, 0.6) is 0 Å². The molecule has 3 heterocycles. The maximum atomic E-state index is 14.2. The molecule has 0 radical (unpaired) electrons. The van der Waals surface area contributed by atoms with Gasteiger partial charge in [-0.1, -0.05) is 91.2 Å². The van der Waals surface area contributed by atoms with Crippen LogP contribution in [-0.4, -0.2) is 356 Å². The minimum Gasteiger partial charge on any atom is -0.462 e. The number of ether oxygens (including phenoxy) is 10. The second kappa shape index (κ2) is 69.1. The maximum Gasteiger partial charge on any atom is 0.306 e. The number of unbranched alkanes of at least 4 members (excludes halogenated alkanes) is 14. The highest BCUT2D eigenvalue weighted by molar-refractivity contribution is 5.85. The number of aliphatic hydroxyl groups excluding tert-OH is 12. The highest BCUT2D eigenvalue weighted by Gasteiger charge is 2.61. The highest BCUT2D eigenvalue weighted by atomic mass is 16.7. The smallest absolute Gasteiger partial charge is 0.306 e. The fourth-order valence-corrected chi connectivity index (χ4v) is 21.7. The number of hydrogen-bond donors (Lipinski definition) is 21. The van der Waals surface area contributed by atoms with Gasteiger partial charge in [-0.25, -0.2) is 0 Å². The standard InChI is InChI=1S/C103H181N9O32/c1-5-6-7-8-9-10-11-12-13-14-15-16-17-18-19-34-88(125)141-71-41-46-101(3)70(61-71)36-37-72-74-39-38-73(102(74,4)47-42-75(72)101)69(2)35-40-83(120)104-48-26-33-82(119)111-62-87(124)112-103(66-135-58-43-84(121)108-52-27-49-105-79(116)30-20-23-55-138-98-95(132)92(129)89(126)76(63-113)142-98,67-136-59-44-85(122)109-53-28-50-106-80(117)31-21-24-56-139-99-96(133)93(130)90(127)77(64-114)143-99)68-137-60-45-86(123)110-54-29-51-107-81(118)32-22-25-57-140-100-97(134)94(131)91(128)78(65-115)144-100/h12-13,69-78,89-100,113-115,126-134H,5-11,14-68H2,1-4H3,(H,104,120)(H,105,116)(H,106,117)(H,107,118)(H,108,121)(H,109,122)(H,110,123)(H,111,119)(H,112,124)/b13-12+/t69-,70?,71-,72+,73-,74+,75+,76-,77-,78-,89+,90+,91+,92+,93+,94+,95-,96-,97-,98-,99-,100-,101+,102-/m1/s1. The molecule has 144 heavy (non-hydrogen) atoms. The summed E-state index contributed by atoms with van der Waals surface area (Å²) in [4.78, 5) is 132. The number of allylic oxidation sites excluding steroid dienone is 2. The molecule has 0 aromatic rings. The van der Waals surface area contributed by atoms with E-state index in [9.17, 15) is 109 Å². The minimum absolute atomic E-state index is 0.0127. The summed E-state index contributed by atoms with van der Waals surface area (Å²) in [7, 11) is 0. The number of nitrogens with one attached hydrogen (secondary N) is 9. The van der Waals surface area contributed by atoms with E-state index in [2.05, 4.69) is 87.7 Å². The van der Waals surface area contributed by atoms with Crippen molar-refractivity contribution in [3.05, 3.63) is 12.2 Å². The molecule has 7 rings (SSSR count). The second-order valence-electron chi connectivity index (χ2n) is 41.3. The molecule has 0 spiro atoms. The molecule has 1 unspecified atom stereocenters. The van der Waals surface area contributed by atoms with Crippen molar-refractivity contribution in [3.63, 3.8) is 0 Å². The number of carbonyl (C=O) groups excluding carboxylic acids is 10. The number of rotatable bonds is 75. The van der Waals surface area contributed by atoms with Gasteiger partial charge in [-0.15, -0.1) is 0 Å². The molecule has 21 N–H and O–H groups in total. The Morgan fingerprint density at radius 1 is 0.368 bits per heavy atom. The Morgan fingerprint density at radius 3 is 1.17 bits per heavy atom. The van der Waals surface area contributed by atoms with Crippen LogP contribution in [0.15, 0.2) is 12.2 Å². The van der Waals surface area contributed by atoms with Crippen LogP contribution >= 0.6 is 0 Å². The van der Waals surface area contributed by atoms with Gasteiger partial charge in [-0.05, 0) is 207 Å². The summed E-state index contributed by atoms with van der Waals surface area (Å²) in [5.74, 6) is 0.00911. The van der Waals surface area contributed by atoms with Crippen molar-refractivity contribution >= 4 is 59.1 Å². The van der Waals surface area contributed by atoms with Crippen LogP contribution in [0, 0.1) is 46.3 Å². The van der Waals surface area contributed by atoms with Crippen LogP contribution in [0.4, 0.5) is 0 Å². The molecule has 0 aromatic carbocycles. The molecule has 3 saturated heterocycles. The first-order valence-electron chi connectivity index (χ1n) is 54.1. The van der Waals surface area contributed by atoms with E-state index >= 15 is 0 Å². The Bertz CT molecular complexity index is 3500. The number of esters is 1. The largest absolute Gasteiger partial charge is 0.462 e. The molecule has 0 bridgehead atoms. The first kappa shape index (κ1) is 125. The van der Waals surface area contributed by atoms with Crippen molar-refractivity contribution in [3.8, 4) is 0 Å². The summed E-state index contributed by atoms with van der Waals surface area (Å²) in [5, 5.41) is 145. The average molecular weight is 2060 g/mol. The molecule has 9 amide bonds. The number of hydrogen-bond acceptors (Lipinski definition) is 32. The Morgan fingerprint density at radius 2 is 0.736 bits per heavy atom. The van der Waals surface area contributed by atoms with Crippen molar-refractivity contribution in [2.24, 2.45) is 46.3 Å². The molecule has 7 fully saturated rings. The highest BCUT2D eigenvalue weighted by Crippen LogP contribution is 2.68. The Balaban J connectivity index is 0.860. The number of amides is 9. The van der Waals surface area contributed by atoms with E-state index in [0.717, 1.165) is 57.8 Å². The zero-order chi connectivity index (χ0) is 105. The fourth-order valence-electron chi connectivity index (χ4n) is 21.7. The first-order chi connectivity index (χ1) is 69.3. The molecule has 3 aliphatic heterocycles. The molecule has 41 nitrogen and oxygen atoms in total. The van der Waals surface area contributed by atoms with E-state index in [4.69, 9.17) is 47.4 Å². The van der Waals surface area contributed by atoms with Gasteiger partial charge in [0.15, 0.2) is 18.9 Å². The van der Waals surface area contributed by atoms with Crippen molar-refractivity contribution in [1.82, 2.24) is 47.9 Å². The summed E-state index contributed by atoms with van der Waals surface area (Å²) >= 11 is 0. The van der Waals surface area contributed by atoms with Gasteiger partial charge in [-0.3, -0.25) is 47.9 Å². The summed E-state index contributed by atoms with van der Waals surface area (Å²) < 4.78 is 57.1. The van der Waals surface area contributed by atoms with Crippen LogP contribution in [-0.2, 0) is 95.3 Å². The number of fused-ring (bicyclic) bond motifs is 5. The quantitative estimate of drug-likeness (QED) is 0.0236. The second-order valence-corrected chi connectivity index (χ2v) is 41.3. The Hall–Kier alpha value is -6.40. The molecule has 24 atom stereocenters.